The van der Waals surface area contributed by atoms with Crippen molar-refractivity contribution < 1.29 is 4.39 Å². The molecule has 0 saturated heterocycles. The van der Waals surface area contributed by atoms with Gasteiger partial charge in [-0.15, -0.1) is 0 Å². The summed E-state index contributed by atoms with van der Waals surface area (Å²) in [6.45, 7) is 0. The molecule has 0 spiro atoms. The highest BCUT2D eigenvalue weighted by molar-refractivity contribution is 5.19. The number of fused-ring (bicyclic) bond motifs is 1. The summed E-state index contributed by atoms with van der Waals surface area (Å²) < 4.78 is 13.1. The van der Waals surface area contributed by atoms with Crippen LogP contribution in [0.4, 0.5) is 4.39 Å². The van der Waals surface area contributed by atoms with Gasteiger partial charge in [-0.1, -0.05) is 18.6 Å². The second-order valence-corrected chi connectivity index (χ2v) is 5.57. The lowest BCUT2D eigenvalue weighted by Crippen LogP contribution is -2.31. The van der Waals surface area contributed by atoms with Crippen molar-refractivity contribution in [3.8, 4) is 0 Å². The van der Waals surface area contributed by atoms with Gasteiger partial charge >= 0.3 is 0 Å². The van der Waals surface area contributed by atoms with Crippen LogP contribution in [0.15, 0.2) is 24.3 Å². The molecular weight excluding hydrogens is 213 g/mol. The Balaban J connectivity index is 1.66. The highest BCUT2D eigenvalue weighted by Crippen LogP contribution is 2.59. The standard InChI is InChI=1S/C15H20FN/c1-17-14(15-12-6-3-7-13(12)15)9-10-4-2-5-11(16)8-10/h2,4-5,8,12-15,17H,3,6-7,9H2,1H3. The monoisotopic (exact) mass is 233 g/mol. The van der Waals surface area contributed by atoms with E-state index < -0.39 is 0 Å². The number of hydrogen-bond acceptors (Lipinski definition) is 1. The van der Waals surface area contributed by atoms with Crippen molar-refractivity contribution in [3.63, 3.8) is 0 Å². The van der Waals surface area contributed by atoms with Crippen molar-refractivity contribution in [2.24, 2.45) is 17.8 Å². The Morgan fingerprint density at radius 3 is 2.76 bits per heavy atom. The summed E-state index contributed by atoms with van der Waals surface area (Å²) in [4.78, 5) is 0. The number of likely N-dealkylation sites (N-methyl/N-ethyl adjacent to an activating group) is 1. The maximum atomic E-state index is 13.1. The third-order valence-electron chi connectivity index (χ3n) is 4.65. The molecule has 2 aliphatic carbocycles. The van der Waals surface area contributed by atoms with Crippen LogP contribution in [0.25, 0.3) is 0 Å². The van der Waals surface area contributed by atoms with E-state index in [9.17, 15) is 4.39 Å². The molecule has 2 saturated carbocycles. The lowest BCUT2D eigenvalue weighted by Gasteiger charge is -2.18. The first kappa shape index (κ1) is 11.2. The van der Waals surface area contributed by atoms with Gasteiger partial charge in [-0.3, -0.25) is 0 Å². The van der Waals surface area contributed by atoms with Crippen LogP contribution < -0.4 is 5.32 Å². The molecule has 17 heavy (non-hydrogen) atoms. The zero-order chi connectivity index (χ0) is 11.8. The molecule has 2 heteroatoms. The highest BCUT2D eigenvalue weighted by Gasteiger charge is 2.55. The first-order valence-electron chi connectivity index (χ1n) is 6.71. The summed E-state index contributed by atoms with van der Waals surface area (Å²) in [5.74, 6) is 2.65. The molecule has 0 radical (unpaired) electrons. The smallest absolute Gasteiger partial charge is 0.123 e. The molecule has 2 fully saturated rings. The molecule has 0 amide bonds. The molecule has 0 heterocycles. The van der Waals surface area contributed by atoms with Crippen LogP contribution in [0.3, 0.4) is 0 Å². The zero-order valence-electron chi connectivity index (χ0n) is 10.3. The average molecular weight is 233 g/mol. The molecule has 0 aromatic heterocycles. The Kier molecular flexibility index (Phi) is 2.91. The number of benzene rings is 1. The largest absolute Gasteiger partial charge is 0.316 e. The van der Waals surface area contributed by atoms with Gasteiger partial charge in [0.2, 0.25) is 0 Å². The van der Waals surface area contributed by atoms with Crippen LogP contribution in [0.1, 0.15) is 24.8 Å². The summed E-state index contributed by atoms with van der Waals surface area (Å²) in [6.07, 6.45) is 5.21. The molecular formula is C15H20FN. The maximum absolute atomic E-state index is 13.1. The van der Waals surface area contributed by atoms with Gasteiger partial charge in [0.1, 0.15) is 5.82 Å². The van der Waals surface area contributed by atoms with Gasteiger partial charge in [-0.05, 0) is 61.8 Å². The Hall–Kier alpha value is -0.890. The van der Waals surface area contributed by atoms with Crippen LogP contribution >= 0.6 is 0 Å². The first-order chi connectivity index (χ1) is 8.29. The predicted octanol–water partition coefficient (Wildman–Crippen LogP) is 3.00. The second-order valence-electron chi connectivity index (χ2n) is 5.57. The fourth-order valence-electron chi connectivity index (χ4n) is 3.82. The predicted molar refractivity (Wildman–Crippen MR) is 67.3 cm³/mol. The van der Waals surface area contributed by atoms with Gasteiger partial charge in [0.15, 0.2) is 0 Å². The highest BCUT2D eigenvalue weighted by atomic mass is 19.1. The normalized spacial score (nSPS) is 32.2. The third-order valence-corrected chi connectivity index (χ3v) is 4.65. The van der Waals surface area contributed by atoms with Crippen molar-refractivity contribution in [1.82, 2.24) is 5.32 Å². The molecule has 3 rings (SSSR count). The van der Waals surface area contributed by atoms with Crippen LogP contribution in [-0.2, 0) is 6.42 Å². The molecule has 3 unspecified atom stereocenters. The van der Waals surface area contributed by atoms with Crippen molar-refractivity contribution in [3.05, 3.63) is 35.6 Å². The fraction of sp³-hybridized carbons (Fsp3) is 0.600. The molecule has 3 atom stereocenters. The van der Waals surface area contributed by atoms with E-state index in [0.29, 0.717) is 6.04 Å². The molecule has 0 bridgehead atoms. The van der Waals surface area contributed by atoms with Gasteiger partial charge in [-0.25, -0.2) is 4.39 Å². The zero-order valence-corrected chi connectivity index (χ0v) is 10.3. The van der Waals surface area contributed by atoms with Crippen molar-refractivity contribution >= 4 is 0 Å². The molecule has 1 N–H and O–H groups in total. The number of halogens is 1. The van der Waals surface area contributed by atoms with E-state index in [0.717, 1.165) is 29.7 Å². The Morgan fingerprint density at radius 2 is 2.12 bits per heavy atom. The summed E-state index contributed by atoms with van der Waals surface area (Å²) in [7, 11) is 2.04. The number of hydrogen-bond donors (Lipinski definition) is 1. The number of nitrogens with one attached hydrogen (secondary N) is 1. The summed E-state index contributed by atoms with van der Waals surface area (Å²) in [5.41, 5.74) is 1.12. The van der Waals surface area contributed by atoms with E-state index in [-0.39, 0.29) is 5.82 Å². The van der Waals surface area contributed by atoms with Crippen LogP contribution in [0.5, 0.6) is 0 Å². The van der Waals surface area contributed by atoms with Gasteiger partial charge in [0.25, 0.3) is 0 Å². The first-order valence-corrected chi connectivity index (χ1v) is 6.71. The van der Waals surface area contributed by atoms with Gasteiger partial charge in [-0.2, -0.15) is 0 Å². The SMILES string of the molecule is CNC(Cc1cccc(F)c1)C1C2CCCC21. The second kappa shape index (κ2) is 4.41. The van der Waals surface area contributed by atoms with Gasteiger partial charge < -0.3 is 5.32 Å². The van der Waals surface area contributed by atoms with Crippen LogP contribution in [0, 0.1) is 23.6 Å². The maximum Gasteiger partial charge on any atom is 0.123 e. The quantitative estimate of drug-likeness (QED) is 0.843. The molecule has 1 aromatic rings. The van der Waals surface area contributed by atoms with E-state index in [4.69, 9.17) is 0 Å². The van der Waals surface area contributed by atoms with E-state index in [1.54, 1.807) is 6.07 Å². The van der Waals surface area contributed by atoms with E-state index in [2.05, 4.69) is 5.32 Å². The van der Waals surface area contributed by atoms with E-state index in [1.165, 1.54) is 25.3 Å². The molecule has 1 nitrogen and oxygen atoms in total. The van der Waals surface area contributed by atoms with Crippen molar-refractivity contribution in [2.45, 2.75) is 31.7 Å². The Bertz CT molecular complexity index is 394. The lowest BCUT2D eigenvalue weighted by molar-refractivity contribution is 0.428. The molecule has 92 valence electrons. The Labute approximate surface area is 102 Å². The molecule has 1 aromatic carbocycles. The van der Waals surface area contributed by atoms with E-state index in [1.807, 2.05) is 19.2 Å². The van der Waals surface area contributed by atoms with Crippen molar-refractivity contribution in [2.75, 3.05) is 7.05 Å². The average Bonchev–Trinajstić information content (AvgIpc) is 2.80. The van der Waals surface area contributed by atoms with Gasteiger partial charge in [0.05, 0.1) is 0 Å². The Morgan fingerprint density at radius 1 is 1.35 bits per heavy atom. The van der Waals surface area contributed by atoms with E-state index >= 15 is 0 Å². The minimum absolute atomic E-state index is 0.117. The minimum Gasteiger partial charge on any atom is -0.316 e. The third kappa shape index (κ3) is 2.11. The number of rotatable bonds is 4. The van der Waals surface area contributed by atoms with Gasteiger partial charge in [0, 0.05) is 6.04 Å². The summed E-state index contributed by atoms with van der Waals surface area (Å²) >= 11 is 0. The lowest BCUT2D eigenvalue weighted by atomic mass is 9.97. The molecule has 0 aliphatic heterocycles. The summed E-state index contributed by atoms with van der Waals surface area (Å²) in [5, 5.41) is 3.44. The molecule has 2 aliphatic rings. The van der Waals surface area contributed by atoms with Crippen LogP contribution in [-0.4, -0.2) is 13.1 Å². The summed E-state index contributed by atoms with van der Waals surface area (Å²) in [6, 6.07) is 7.57. The van der Waals surface area contributed by atoms with Crippen LogP contribution in [0.2, 0.25) is 0 Å². The topological polar surface area (TPSA) is 12.0 Å². The van der Waals surface area contributed by atoms with Crippen molar-refractivity contribution in [1.29, 1.82) is 0 Å². The minimum atomic E-state index is -0.117. The fourth-order valence-corrected chi connectivity index (χ4v) is 3.82.